The number of nitrogens with one attached hydrogen (secondary N) is 1. The second-order valence-corrected chi connectivity index (χ2v) is 5.56. The van der Waals surface area contributed by atoms with Gasteiger partial charge in [-0.1, -0.05) is 30.3 Å². The monoisotopic (exact) mass is 290 g/mol. The number of rotatable bonds is 7. The molecule has 2 rings (SSSR count). The standard InChI is InChI=1S/C17H26N2O2/c1-15(17(20)19-11-13-21-14-12-19)18-10-6-5-9-16-7-3-2-4-8-16/h2-4,7-8,15,18H,5-6,9-14H2,1H3. The molecule has 1 amide bonds. The van der Waals surface area contributed by atoms with Gasteiger partial charge in [0.2, 0.25) is 5.91 Å². The van der Waals surface area contributed by atoms with Crippen molar-refractivity contribution in [1.29, 1.82) is 0 Å². The lowest BCUT2D eigenvalue weighted by Crippen LogP contribution is -2.49. The van der Waals surface area contributed by atoms with Crippen LogP contribution in [0.4, 0.5) is 0 Å². The van der Waals surface area contributed by atoms with Crippen LogP contribution in [0.2, 0.25) is 0 Å². The Morgan fingerprint density at radius 3 is 2.67 bits per heavy atom. The van der Waals surface area contributed by atoms with Gasteiger partial charge in [-0.2, -0.15) is 0 Å². The Balaban J connectivity index is 1.58. The Bertz CT molecular complexity index is 416. The summed E-state index contributed by atoms with van der Waals surface area (Å²) in [6, 6.07) is 10.4. The Morgan fingerprint density at radius 1 is 1.24 bits per heavy atom. The average molecular weight is 290 g/mol. The van der Waals surface area contributed by atoms with Crippen LogP contribution >= 0.6 is 0 Å². The zero-order valence-corrected chi connectivity index (χ0v) is 12.9. The second-order valence-electron chi connectivity index (χ2n) is 5.56. The van der Waals surface area contributed by atoms with Crippen LogP contribution in [0.25, 0.3) is 0 Å². The van der Waals surface area contributed by atoms with E-state index in [1.807, 2.05) is 17.9 Å². The largest absolute Gasteiger partial charge is 0.378 e. The molecule has 0 spiro atoms. The number of hydrogen-bond donors (Lipinski definition) is 1. The molecule has 1 atom stereocenters. The van der Waals surface area contributed by atoms with E-state index in [1.165, 1.54) is 5.56 Å². The number of hydrogen-bond acceptors (Lipinski definition) is 3. The fourth-order valence-corrected chi connectivity index (χ4v) is 2.56. The molecule has 1 unspecified atom stereocenters. The predicted molar refractivity (Wildman–Crippen MR) is 84.2 cm³/mol. The summed E-state index contributed by atoms with van der Waals surface area (Å²) in [7, 11) is 0. The molecule has 1 N–H and O–H groups in total. The minimum absolute atomic E-state index is 0.0974. The fourth-order valence-electron chi connectivity index (χ4n) is 2.56. The molecule has 1 heterocycles. The summed E-state index contributed by atoms with van der Waals surface area (Å²) in [6.45, 7) is 5.61. The van der Waals surface area contributed by atoms with E-state index in [2.05, 4.69) is 29.6 Å². The Kier molecular flexibility index (Phi) is 6.70. The fraction of sp³-hybridized carbons (Fsp3) is 0.588. The minimum atomic E-state index is -0.0974. The van der Waals surface area contributed by atoms with E-state index in [9.17, 15) is 4.79 Å². The van der Waals surface area contributed by atoms with Gasteiger partial charge in [-0.25, -0.2) is 0 Å². The molecule has 116 valence electrons. The van der Waals surface area contributed by atoms with Crippen molar-refractivity contribution in [1.82, 2.24) is 10.2 Å². The molecule has 1 fully saturated rings. The first kappa shape index (κ1) is 16.0. The number of ether oxygens (including phenoxy) is 1. The summed E-state index contributed by atoms with van der Waals surface area (Å²) in [5.74, 6) is 0.196. The van der Waals surface area contributed by atoms with E-state index >= 15 is 0 Å². The third kappa shape index (κ3) is 5.48. The summed E-state index contributed by atoms with van der Waals surface area (Å²) in [6.07, 6.45) is 3.35. The van der Waals surface area contributed by atoms with Crippen molar-refractivity contribution in [3.63, 3.8) is 0 Å². The Labute approximate surface area is 127 Å². The topological polar surface area (TPSA) is 41.6 Å². The van der Waals surface area contributed by atoms with Gasteiger partial charge in [-0.15, -0.1) is 0 Å². The van der Waals surface area contributed by atoms with Gasteiger partial charge in [0.25, 0.3) is 0 Å². The van der Waals surface area contributed by atoms with Gasteiger partial charge in [0.15, 0.2) is 0 Å². The zero-order valence-electron chi connectivity index (χ0n) is 12.9. The molecule has 0 bridgehead atoms. The van der Waals surface area contributed by atoms with Crippen LogP contribution in [0.5, 0.6) is 0 Å². The molecule has 1 aromatic rings. The average Bonchev–Trinajstić information content (AvgIpc) is 2.55. The highest BCUT2D eigenvalue weighted by molar-refractivity contribution is 5.81. The van der Waals surface area contributed by atoms with Gasteiger partial charge >= 0.3 is 0 Å². The first-order chi connectivity index (χ1) is 10.3. The van der Waals surface area contributed by atoms with E-state index in [4.69, 9.17) is 4.74 Å². The maximum atomic E-state index is 12.2. The molecule has 1 aliphatic rings. The number of morpholine rings is 1. The zero-order chi connectivity index (χ0) is 14.9. The molecule has 0 aromatic heterocycles. The molecular weight excluding hydrogens is 264 g/mol. The normalized spacial score (nSPS) is 16.7. The minimum Gasteiger partial charge on any atom is -0.378 e. The van der Waals surface area contributed by atoms with Crippen LogP contribution in [-0.2, 0) is 16.0 Å². The molecule has 0 aliphatic carbocycles. The lowest BCUT2D eigenvalue weighted by atomic mass is 10.1. The van der Waals surface area contributed by atoms with Crippen molar-refractivity contribution in [2.75, 3.05) is 32.8 Å². The maximum absolute atomic E-state index is 12.2. The van der Waals surface area contributed by atoms with Crippen molar-refractivity contribution in [2.24, 2.45) is 0 Å². The number of carbonyl (C=O) groups excluding carboxylic acids is 1. The SMILES string of the molecule is CC(NCCCCc1ccccc1)C(=O)N1CCOCC1. The molecule has 4 heteroatoms. The van der Waals surface area contributed by atoms with Gasteiger partial charge in [0.05, 0.1) is 19.3 Å². The van der Waals surface area contributed by atoms with Crippen LogP contribution in [0, 0.1) is 0 Å². The highest BCUT2D eigenvalue weighted by Crippen LogP contribution is 2.04. The van der Waals surface area contributed by atoms with Crippen LogP contribution in [0.3, 0.4) is 0 Å². The van der Waals surface area contributed by atoms with E-state index in [0.717, 1.165) is 38.9 Å². The van der Waals surface area contributed by atoms with Gasteiger partial charge < -0.3 is 15.0 Å². The summed E-state index contributed by atoms with van der Waals surface area (Å²) in [5.41, 5.74) is 1.38. The van der Waals surface area contributed by atoms with Crippen molar-refractivity contribution in [2.45, 2.75) is 32.2 Å². The molecule has 21 heavy (non-hydrogen) atoms. The van der Waals surface area contributed by atoms with Gasteiger partial charge in [-0.3, -0.25) is 4.79 Å². The number of nitrogens with zero attached hydrogens (tertiary/aromatic N) is 1. The number of carbonyl (C=O) groups is 1. The van der Waals surface area contributed by atoms with Crippen LogP contribution in [-0.4, -0.2) is 49.7 Å². The quantitative estimate of drug-likeness (QED) is 0.779. The van der Waals surface area contributed by atoms with Crippen molar-refractivity contribution in [3.05, 3.63) is 35.9 Å². The van der Waals surface area contributed by atoms with E-state index in [1.54, 1.807) is 0 Å². The lowest BCUT2D eigenvalue weighted by molar-refractivity contribution is -0.137. The third-order valence-corrected chi connectivity index (χ3v) is 3.88. The Hall–Kier alpha value is -1.39. The van der Waals surface area contributed by atoms with Crippen LogP contribution < -0.4 is 5.32 Å². The molecule has 1 aliphatic heterocycles. The predicted octanol–water partition coefficient (Wildman–Crippen LogP) is 1.85. The highest BCUT2D eigenvalue weighted by Gasteiger charge is 2.21. The highest BCUT2D eigenvalue weighted by atomic mass is 16.5. The van der Waals surface area contributed by atoms with E-state index in [0.29, 0.717) is 13.2 Å². The van der Waals surface area contributed by atoms with Gasteiger partial charge in [-0.05, 0) is 38.3 Å². The summed E-state index contributed by atoms with van der Waals surface area (Å²) in [4.78, 5) is 14.1. The first-order valence-corrected chi connectivity index (χ1v) is 7.91. The number of benzene rings is 1. The number of amides is 1. The summed E-state index contributed by atoms with van der Waals surface area (Å²) >= 11 is 0. The molecular formula is C17H26N2O2. The molecule has 0 saturated carbocycles. The number of unbranched alkanes of at least 4 members (excludes halogenated alkanes) is 1. The van der Waals surface area contributed by atoms with Crippen molar-refractivity contribution in [3.8, 4) is 0 Å². The molecule has 0 radical (unpaired) electrons. The summed E-state index contributed by atoms with van der Waals surface area (Å²) in [5, 5.41) is 3.33. The Morgan fingerprint density at radius 2 is 1.95 bits per heavy atom. The maximum Gasteiger partial charge on any atom is 0.239 e. The first-order valence-electron chi connectivity index (χ1n) is 7.91. The van der Waals surface area contributed by atoms with Gasteiger partial charge in [0.1, 0.15) is 0 Å². The van der Waals surface area contributed by atoms with Crippen molar-refractivity contribution < 1.29 is 9.53 Å². The lowest BCUT2D eigenvalue weighted by Gasteiger charge is -2.29. The molecule has 1 saturated heterocycles. The number of aryl methyl sites for hydroxylation is 1. The second kappa shape index (κ2) is 8.80. The smallest absolute Gasteiger partial charge is 0.239 e. The van der Waals surface area contributed by atoms with E-state index in [-0.39, 0.29) is 11.9 Å². The molecule has 4 nitrogen and oxygen atoms in total. The van der Waals surface area contributed by atoms with Gasteiger partial charge in [0, 0.05) is 13.1 Å². The molecule has 1 aromatic carbocycles. The van der Waals surface area contributed by atoms with Crippen LogP contribution in [0.1, 0.15) is 25.3 Å². The van der Waals surface area contributed by atoms with Crippen LogP contribution in [0.15, 0.2) is 30.3 Å². The third-order valence-electron chi connectivity index (χ3n) is 3.88. The van der Waals surface area contributed by atoms with E-state index < -0.39 is 0 Å². The summed E-state index contributed by atoms with van der Waals surface area (Å²) < 4.78 is 5.27. The van der Waals surface area contributed by atoms with Crippen molar-refractivity contribution >= 4 is 5.91 Å².